The molecule has 0 bridgehead atoms. The summed E-state index contributed by atoms with van der Waals surface area (Å²) in [6.45, 7) is 0. The maximum atomic E-state index is 11.0. The third kappa shape index (κ3) is 4.51. The van der Waals surface area contributed by atoms with Gasteiger partial charge in [0, 0.05) is 11.1 Å². The molecule has 8 aromatic carbocycles. The minimum absolute atomic E-state index is 0.0664. The zero-order valence-electron chi connectivity index (χ0n) is 27.8. The molecular formula is C43H23B5N2O2. The molecule has 0 amide bonds. The van der Waals surface area contributed by atoms with Crippen molar-refractivity contribution < 1.29 is 10.2 Å². The maximum Gasteiger partial charge on any atom is 0.150 e. The molecule has 9 aromatic rings. The second-order valence-corrected chi connectivity index (χ2v) is 12.9. The summed E-state index contributed by atoms with van der Waals surface area (Å²) >= 11 is 0. The van der Waals surface area contributed by atoms with Crippen molar-refractivity contribution in [1.82, 2.24) is 9.55 Å². The van der Waals surface area contributed by atoms with Gasteiger partial charge in [-0.1, -0.05) is 120 Å². The molecule has 0 fully saturated rings. The van der Waals surface area contributed by atoms with Gasteiger partial charge in [-0.25, -0.2) is 4.98 Å². The zero-order chi connectivity index (χ0) is 35.8. The molecule has 52 heavy (non-hydrogen) atoms. The number of fused-ring (bicyclic) bond motifs is 4. The first-order chi connectivity index (χ1) is 25.3. The number of phenolic OH excluding ortho intramolecular Hbond substituents is 2. The Hall–Kier alpha value is -6.07. The number of aromatic hydroxyl groups is 2. The molecule has 4 nitrogen and oxygen atoms in total. The summed E-state index contributed by atoms with van der Waals surface area (Å²) in [5.41, 5.74) is 7.08. The fraction of sp³-hybridized carbons (Fsp3) is 0. The summed E-state index contributed by atoms with van der Waals surface area (Å²) in [7, 11) is 32.9. The van der Waals surface area contributed by atoms with E-state index in [0.717, 1.165) is 66.3 Å². The van der Waals surface area contributed by atoms with E-state index in [1.807, 2.05) is 84.9 Å². The number of hydrogen-bond donors (Lipinski definition) is 2. The van der Waals surface area contributed by atoms with Crippen LogP contribution in [0.1, 0.15) is 0 Å². The predicted molar refractivity (Wildman–Crippen MR) is 220 cm³/mol. The van der Waals surface area contributed by atoms with E-state index in [-0.39, 0.29) is 32.7 Å². The van der Waals surface area contributed by atoms with E-state index in [0.29, 0.717) is 10.9 Å². The van der Waals surface area contributed by atoms with Crippen molar-refractivity contribution in [2.75, 3.05) is 0 Å². The summed E-state index contributed by atoms with van der Waals surface area (Å²) in [5, 5.41) is 25.8. The zero-order valence-corrected chi connectivity index (χ0v) is 27.8. The van der Waals surface area contributed by atoms with Crippen molar-refractivity contribution in [2.24, 2.45) is 0 Å². The minimum Gasteiger partial charge on any atom is -0.505 e. The van der Waals surface area contributed by atoms with E-state index in [1.165, 1.54) is 0 Å². The highest BCUT2D eigenvalue weighted by Gasteiger charge is 2.26. The molecule has 0 unspecified atom stereocenters. The second-order valence-electron chi connectivity index (χ2n) is 12.9. The van der Waals surface area contributed by atoms with Gasteiger partial charge in [-0.2, -0.15) is 0 Å². The van der Waals surface area contributed by atoms with Crippen LogP contribution >= 0.6 is 0 Å². The van der Waals surface area contributed by atoms with Crippen molar-refractivity contribution in [2.45, 2.75) is 0 Å². The van der Waals surface area contributed by atoms with Gasteiger partial charge in [-0.3, -0.25) is 4.57 Å². The molecular weight excluding hydrogens is 631 g/mol. The van der Waals surface area contributed by atoms with Gasteiger partial charge in [0.25, 0.3) is 0 Å². The Labute approximate surface area is 306 Å². The van der Waals surface area contributed by atoms with Crippen LogP contribution in [-0.4, -0.2) is 59.0 Å². The molecule has 9 rings (SSSR count). The van der Waals surface area contributed by atoms with E-state index in [4.69, 9.17) is 44.2 Å². The first kappa shape index (κ1) is 31.9. The van der Waals surface area contributed by atoms with Crippen molar-refractivity contribution in [3.63, 3.8) is 0 Å². The van der Waals surface area contributed by atoms with E-state index in [2.05, 4.69) is 47.0 Å². The number of imidazole rings is 1. The Morgan fingerprint density at radius 3 is 1.62 bits per heavy atom. The van der Waals surface area contributed by atoms with E-state index < -0.39 is 11.5 Å². The van der Waals surface area contributed by atoms with Gasteiger partial charge in [0.15, 0.2) is 0 Å². The van der Waals surface area contributed by atoms with Crippen LogP contribution in [0.4, 0.5) is 0 Å². The van der Waals surface area contributed by atoms with Gasteiger partial charge in [0.1, 0.15) is 56.6 Å². The Balaban J connectivity index is 1.45. The van der Waals surface area contributed by atoms with Gasteiger partial charge in [0.05, 0.1) is 16.7 Å². The number of phenols is 2. The number of hydrogen-bond acceptors (Lipinski definition) is 3. The Morgan fingerprint density at radius 1 is 0.442 bits per heavy atom. The van der Waals surface area contributed by atoms with Gasteiger partial charge in [-0.15, -0.1) is 5.46 Å². The number of benzene rings is 8. The topological polar surface area (TPSA) is 58.3 Å². The smallest absolute Gasteiger partial charge is 0.150 e. The van der Waals surface area contributed by atoms with Crippen molar-refractivity contribution in [1.29, 1.82) is 0 Å². The molecule has 0 aliphatic carbocycles. The minimum atomic E-state index is -0.574. The highest BCUT2D eigenvalue weighted by Crippen LogP contribution is 2.46. The van der Waals surface area contributed by atoms with E-state index >= 15 is 0 Å². The lowest BCUT2D eigenvalue weighted by Crippen LogP contribution is -2.43. The molecule has 1 heterocycles. The quantitative estimate of drug-likeness (QED) is 0.162. The molecule has 9 heteroatoms. The second kappa shape index (κ2) is 12.0. The van der Waals surface area contributed by atoms with Crippen LogP contribution in [-0.2, 0) is 0 Å². The summed E-state index contributed by atoms with van der Waals surface area (Å²) in [6, 6.07) is 42.9. The number of para-hydroxylation sites is 3. The fourth-order valence-corrected chi connectivity index (χ4v) is 7.73. The van der Waals surface area contributed by atoms with Crippen LogP contribution < -0.4 is 27.3 Å². The van der Waals surface area contributed by atoms with Crippen molar-refractivity contribution in [3.8, 4) is 50.8 Å². The molecule has 0 saturated heterocycles. The summed E-state index contributed by atoms with van der Waals surface area (Å²) in [4.78, 5) is 5.12. The summed E-state index contributed by atoms with van der Waals surface area (Å²) in [5.74, 6) is -0.307. The molecule has 2 N–H and O–H groups in total. The average Bonchev–Trinajstić information content (AvgIpc) is 3.57. The fourth-order valence-electron chi connectivity index (χ4n) is 7.73. The number of aromatic nitrogens is 2. The normalized spacial score (nSPS) is 11.6. The Kier molecular flexibility index (Phi) is 7.37. The monoisotopic (exact) mass is 654 g/mol. The van der Waals surface area contributed by atoms with Crippen LogP contribution in [0.15, 0.2) is 127 Å². The molecule has 1 aromatic heterocycles. The van der Waals surface area contributed by atoms with Crippen LogP contribution in [0.3, 0.4) is 0 Å². The lowest BCUT2D eigenvalue weighted by Gasteiger charge is -2.26. The summed E-state index contributed by atoms with van der Waals surface area (Å²) in [6.07, 6.45) is 0. The van der Waals surface area contributed by atoms with Crippen molar-refractivity contribution >= 4 is 110 Å². The van der Waals surface area contributed by atoms with Gasteiger partial charge in [-0.05, 0) is 78.1 Å². The average molecular weight is 654 g/mol. The SMILES string of the molecule is [B]c1c([B])c(-c2c3ccccc3c(-c3ccccc3-n3c(-c4ccccc4)nc4ccccc43)c3ccccc23)c2c([B])c(O)c(O)c([B])c2c1[B]. The van der Waals surface area contributed by atoms with E-state index in [1.54, 1.807) is 0 Å². The highest BCUT2D eigenvalue weighted by molar-refractivity contribution is 6.66. The summed E-state index contributed by atoms with van der Waals surface area (Å²) < 4.78 is 2.22. The molecule has 232 valence electrons. The molecule has 0 aliphatic heterocycles. The van der Waals surface area contributed by atoms with Crippen LogP contribution in [0, 0.1) is 0 Å². The maximum absolute atomic E-state index is 11.0. The third-order valence-electron chi connectivity index (χ3n) is 10.1. The first-order valence-corrected chi connectivity index (χ1v) is 16.7. The Morgan fingerprint density at radius 2 is 0.962 bits per heavy atom. The third-order valence-corrected chi connectivity index (χ3v) is 10.1. The van der Waals surface area contributed by atoms with Gasteiger partial charge >= 0.3 is 0 Å². The molecule has 10 radical (unpaired) electrons. The predicted octanol–water partition coefficient (Wildman–Crippen LogP) is 4.87. The first-order valence-electron chi connectivity index (χ1n) is 16.7. The van der Waals surface area contributed by atoms with Crippen LogP contribution in [0.25, 0.3) is 82.7 Å². The standard InChI is InChI=1S/C43H23B5N2O2/c44-36-33(34-35(37(45)40(36)48)39(47)42(52)41(51)38(34)46)32-25-16-6-4-14-23(25)31(24-15-5-7-17-26(24)32)27-18-8-10-20-29(27)50-30-21-11-9-19-28(30)49-43(50)22-12-2-1-3-13-22/h1-21,51-52H. The highest BCUT2D eigenvalue weighted by atomic mass is 16.3. The number of nitrogens with zero attached hydrogens (tertiary/aromatic N) is 2. The van der Waals surface area contributed by atoms with Gasteiger partial charge in [0.2, 0.25) is 0 Å². The van der Waals surface area contributed by atoms with E-state index in [9.17, 15) is 10.2 Å². The molecule has 0 atom stereocenters. The number of rotatable bonds is 4. The largest absolute Gasteiger partial charge is 0.505 e. The van der Waals surface area contributed by atoms with Crippen molar-refractivity contribution in [3.05, 3.63) is 127 Å². The molecule has 0 spiro atoms. The Bertz CT molecular complexity index is 2880. The van der Waals surface area contributed by atoms with Gasteiger partial charge < -0.3 is 10.2 Å². The lowest BCUT2D eigenvalue weighted by atomic mass is 9.63. The molecule has 0 saturated carbocycles. The lowest BCUT2D eigenvalue weighted by molar-refractivity contribution is 0.410. The van der Waals surface area contributed by atoms with Crippen LogP contribution in [0.2, 0.25) is 0 Å². The van der Waals surface area contributed by atoms with Crippen LogP contribution in [0.5, 0.6) is 11.5 Å². The molecule has 0 aliphatic rings.